The summed E-state index contributed by atoms with van der Waals surface area (Å²) < 4.78 is 0. The smallest absolute Gasteiger partial charge is 0.133 e. The maximum absolute atomic E-state index is 11.3. The maximum Gasteiger partial charge on any atom is 0.133 e. The Labute approximate surface area is 79.3 Å². The molecule has 1 N–H and O–H groups in total. The minimum Gasteiger partial charge on any atom is -0.392 e. The number of hydrogen-bond donors (Lipinski definition) is 1. The standard InChI is InChI=1S/C11H18O2/c1-8-3-2-5-11(10(8)13)6-4-9(12)7-11/h8,10,13H,2-7H2,1H3. The van der Waals surface area contributed by atoms with Gasteiger partial charge in [-0.05, 0) is 25.2 Å². The number of Topliss-reactive ketones (excluding diaryl/α,β-unsaturated/α-hetero) is 1. The van der Waals surface area contributed by atoms with Gasteiger partial charge in [0.05, 0.1) is 6.10 Å². The number of carbonyl (C=O) groups excluding carboxylic acids is 1. The number of aliphatic hydroxyl groups excluding tert-OH is 1. The topological polar surface area (TPSA) is 37.3 Å². The predicted octanol–water partition coefficient (Wildman–Crippen LogP) is 1.91. The third-order valence-electron chi connectivity index (χ3n) is 3.95. The Hall–Kier alpha value is -0.370. The SMILES string of the molecule is CC1CCCC2(CCC(=O)C2)C1O. The first kappa shape index (κ1) is 9.20. The first-order valence-electron chi connectivity index (χ1n) is 5.34. The molecule has 74 valence electrons. The van der Waals surface area contributed by atoms with Crippen LogP contribution in [-0.4, -0.2) is 17.0 Å². The van der Waals surface area contributed by atoms with Crippen molar-refractivity contribution in [3.05, 3.63) is 0 Å². The van der Waals surface area contributed by atoms with Crippen LogP contribution in [0.15, 0.2) is 0 Å². The van der Waals surface area contributed by atoms with E-state index in [0.717, 1.165) is 19.3 Å². The van der Waals surface area contributed by atoms with E-state index >= 15 is 0 Å². The summed E-state index contributed by atoms with van der Waals surface area (Å²) in [5.74, 6) is 0.743. The largest absolute Gasteiger partial charge is 0.392 e. The van der Waals surface area contributed by atoms with Gasteiger partial charge in [-0.1, -0.05) is 13.3 Å². The highest BCUT2D eigenvalue weighted by Crippen LogP contribution is 2.49. The molecule has 0 aromatic carbocycles. The van der Waals surface area contributed by atoms with Crippen LogP contribution in [0.1, 0.15) is 45.4 Å². The van der Waals surface area contributed by atoms with Gasteiger partial charge in [0.1, 0.15) is 5.78 Å². The van der Waals surface area contributed by atoms with E-state index in [1.165, 1.54) is 6.42 Å². The van der Waals surface area contributed by atoms with Gasteiger partial charge in [0.2, 0.25) is 0 Å². The molecule has 0 bridgehead atoms. The summed E-state index contributed by atoms with van der Waals surface area (Å²) >= 11 is 0. The second kappa shape index (κ2) is 3.09. The molecule has 3 unspecified atom stereocenters. The lowest BCUT2D eigenvalue weighted by Crippen LogP contribution is -2.41. The summed E-state index contributed by atoms with van der Waals surface area (Å²) in [4.78, 5) is 11.3. The number of carbonyl (C=O) groups is 1. The Kier molecular flexibility index (Phi) is 2.18. The van der Waals surface area contributed by atoms with Gasteiger partial charge in [0, 0.05) is 18.3 Å². The number of rotatable bonds is 0. The van der Waals surface area contributed by atoms with Gasteiger partial charge in [0.15, 0.2) is 0 Å². The molecule has 2 aliphatic rings. The van der Waals surface area contributed by atoms with Crippen LogP contribution in [0.4, 0.5) is 0 Å². The lowest BCUT2D eigenvalue weighted by molar-refractivity contribution is -0.120. The second-order valence-corrected chi connectivity index (χ2v) is 4.89. The summed E-state index contributed by atoms with van der Waals surface area (Å²) in [7, 11) is 0. The molecule has 2 rings (SSSR count). The molecule has 2 nitrogen and oxygen atoms in total. The van der Waals surface area contributed by atoms with Gasteiger partial charge >= 0.3 is 0 Å². The molecular formula is C11H18O2. The van der Waals surface area contributed by atoms with Crippen LogP contribution in [0.25, 0.3) is 0 Å². The zero-order valence-electron chi connectivity index (χ0n) is 8.25. The maximum atomic E-state index is 11.3. The summed E-state index contributed by atoms with van der Waals surface area (Å²) in [5, 5.41) is 10.1. The Morgan fingerprint density at radius 2 is 2.23 bits per heavy atom. The molecule has 2 fully saturated rings. The van der Waals surface area contributed by atoms with E-state index < -0.39 is 0 Å². The van der Waals surface area contributed by atoms with Crippen molar-refractivity contribution in [2.24, 2.45) is 11.3 Å². The van der Waals surface area contributed by atoms with Crippen LogP contribution in [0.2, 0.25) is 0 Å². The fraction of sp³-hybridized carbons (Fsp3) is 0.909. The molecular weight excluding hydrogens is 164 g/mol. The summed E-state index contributed by atoms with van der Waals surface area (Å²) in [6, 6.07) is 0. The van der Waals surface area contributed by atoms with Crippen molar-refractivity contribution < 1.29 is 9.90 Å². The quantitative estimate of drug-likeness (QED) is 0.621. The van der Waals surface area contributed by atoms with Gasteiger partial charge < -0.3 is 5.11 Å². The van der Waals surface area contributed by atoms with Crippen molar-refractivity contribution in [2.75, 3.05) is 0 Å². The van der Waals surface area contributed by atoms with E-state index in [9.17, 15) is 9.90 Å². The van der Waals surface area contributed by atoms with Crippen LogP contribution in [0, 0.1) is 11.3 Å². The first-order valence-corrected chi connectivity index (χ1v) is 5.34. The fourth-order valence-electron chi connectivity index (χ4n) is 3.11. The average molecular weight is 182 g/mol. The number of ketones is 1. The molecule has 0 saturated heterocycles. The second-order valence-electron chi connectivity index (χ2n) is 4.89. The highest BCUT2D eigenvalue weighted by molar-refractivity contribution is 5.81. The Balaban J connectivity index is 2.16. The van der Waals surface area contributed by atoms with Gasteiger partial charge in [-0.15, -0.1) is 0 Å². The zero-order chi connectivity index (χ0) is 9.47. The monoisotopic (exact) mass is 182 g/mol. The Morgan fingerprint density at radius 3 is 2.85 bits per heavy atom. The van der Waals surface area contributed by atoms with Crippen LogP contribution in [-0.2, 0) is 4.79 Å². The van der Waals surface area contributed by atoms with E-state index in [1.54, 1.807) is 0 Å². The van der Waals surface area contributed by atoms with Crippen molar-refractivity contribution in [2.45, 2.75) is 51.6 Å². The molecule has 0 heterocycles. The van der Waals surface area contributed by atoms with Crippen molar-refractivity contribution in [3.63, 3.8) is 0 Å². The first-order chi connectivity index (χ1) is 6.14. The van der Waals surface area contributed by atoms with Crippen LogP contribution in [0.3, 0.4) is 0 Å². The molecule has 0 aromatic rings. The fourth-order valence-corrected chi connectivity index (χ4v) is 3.11. The number of aliphatic hydroxyl groups is 1. The molecule has 1 spiro atoms. The van der Waals surface area contributed by atoms with E-state index in [2.05, 4.69) is 6.92 Å². The van der Waals surface area contributed by atoms with E-state index in [4.69, 9.17) is 0 Å². The third-order valence-corrected chi connectivity index (χ3v) is 3.95. The summed E-state index contributed by atoms with van der Waals surface area (Å²) in [6.45, 7) is 2.11. The molecule has 2 heteroatoms. The molecule has 0 radical (unpaired) electrons. The van der Waals surface area contributed by atoms with Crippen LogP contribution >= 0.6 is 0 Å². The van der Waals surface area contributed by atoms with Crippen LogP contribution < -0.4 is 0 Å². The van der Waals surface area contributed by atoms with Crippen molar-refractivity contribution in [3.8, 4) is 0 Å². The summed E-state index contributed by atoms with van der Waals surface area (Å²) in [5.41, 5.74) is -0.0191. The predicted molar refractivity (Wildman–Crippen MR) is 50.3 cm³/mol. The third kappa shape index (κ3) is 1.41. The normalized spacial score (nSPS) is 45.8. The minimum atomic E-state index is -0.229. The van der Waals surface area contributed by atoms with E-state index in [1.807, 2.05) is 0 Å². The lowest BCUT2D eigenvalue weighted by atomic mass is 9.67. The molecule has 0 aromatic heterocycles. The molecule has 2 aliphatic carbocycles. The van der Waals surface area contributed by atoms with Crippen molar-refractivity contribution in [1.29, 1.82) is 0 Å². The molecule has 0 aliphatic heterocycles. The van der Waals surface area contributed by atoms with Gasteiger partial charge in [-0.25, -0.2) is 0 Å². The zero-order valence-corrected chi connectivity index (χ0v) is 8.25. The highest BCUT2D eigenvalue weighted by Gasteiger charge is 2.47. The van der Waals surface area contributed by atoms with Gasteiger partial charge in [-0.3, -0.25) is 4.79 Å². The van der Waals surface area contributed by atoms with E-state index in [0.29, 0.717) is 24.5 Å². The highest BCUT2D eigenvalue weighted by atomic mass is 16.3. The lowest BCUT2D eigenvalue weighted by Gasteiger charge is -2.41. The minimum absolute atomic E-state index is 0.0191. The van der Waals surface area contributed by atoms with Crippen LogP contribution in [0.5, 0.6) is 0 Å². The summed E-state index contributed by atoms with van der Waals surface area (Å²) in [6.07, 6.45) is 5.40. The Bertz CT molecular complexity index is 224. The molecule has 2 saturated carbocycles. The van der Waals surface area contributed by atoms with Crippen molar-refractivity contribution in [1.82, 2.24) is 0 Å². The Morgan fingerprint density at radius 1 is 1.46 bits per heavy atom. The average Bonchev–Trinajstić information content (AvgIpc) is 2.45. The van der Waals surface area contributed by atoms with Gasteiger partial charge in [-0.2, -0.15) is 0 Å². The van der Waals surface area contributed by atoms with E-state index in [-0.39, 0.29) is 11.5 Å². The van der Waals surface area contributed by atoms with Crippen molar-refractivity contribution >= 4 is 5.78 Å². The van der Waals surface area contributed by atoms with Gasteiger partial charge in [0.25, 0.3) is 0 Å². The molecule has 13 heavy (non-hydrogen) atoms. The number of hydrogen-bond acceptors (Lipinski definition) is 2. The molecule has 0 amide bonds. The molecule has 3 atom stereocenters.